The van der Waals surface area contributed by atoms with Gasteiger partial charge in [-0.05, 0) is 49.4 Å². The first kappa shape index (κ1) is 19.7. The predicted octanol–water partition coefficient (Wildman–Crippen LogP) is 2.96. The van der Waals surface area contributed by atoms with Gasteiger partial charge in [0.25, 0.3) is 0 Å². The summed E-state index contributed by atoms with van der Waals surface area (Å²) in [5.74, 6) is -0.0262. The first-order valence-electron chi connectivity index (χ1n) is 8.94. The maximum atomic E-state index is 12.6. The van der Waals surface area contributed by atoms with Crippen molar-refractivity contribution in [1.82, 2.24) is 9.80 Å². The van der Waals surface area contributed by atoms with Crippen LogP contribution in [-0.4, -0.2) is 54.8 Å². The molecule has 1 unspecified atom stereocenters. The minimum absolute atomic E-state index is 0.0663. The van der Waals surface area contributed by atoms with Crippen molar-refractivity contribution in [3.05, 3.63) is 28.3 Å². The number of benzene rings is 1. The fourth-order valence-electron chi connectivity index (χ4n) is 3.42. The number of aryl methyl sites for hydroxylation is 1. The van der Waals surface area contributed by atoms with Crippen molar-refractivity contribution < 1.29 is 9.59 Å². The van der Waals surface area contributed by atoms with E-state index in [1.54, 1.807) is 19.0 Å². The normalized spacial score (nSPS) is 17.6. The van der Waals surface area contributed by atoms with Crippen LogP contribution in [0.1, 0.15) is 37.8 Å². The number of anilines is 1. The van der Waals surface area contributed by atoms with Crippen molar-refractivity contribution in [2.75, 3.05) is 32.5 Å². The summed E-state index contributed by atoms with van der Waals surface area (Å²) in [5, 5.41) is 3.73. The molecule has 1 aromatic rings. The van der Waals surface area contributed by atoms with Crippen LogP contribution in [0.5, 0.6) is 0 Å². The molecular weight excluding hydrogens is 338 g/mol. The van der Waals surface area contributed by atoms with Gasteiger partial charge in [0.05, 0.1) is 12.6 Å². The lowest BCUT2D eigenvalue weighted by molar-refractivity contribution is -0.133. The van der Waals surface area contributed by atoms with Crippen LogP contribution in [0.4, 0.5) is 5.69 Å². The summed E-state index contributed by atoms with van der Waals surface area (Å²) in [7, 11) is 3.51. The molecule has 6 heteroatoms. The van der Waals surface area contributed by atoms with Crippen LogP contribution in [0, 0.1) is 0 Å². The van der Waals surface area contributed by atoms with Crippen molar-refractivity contribution in [3.63, 3.8) is 0 Å². The molecule has 0 aliphatic carbocycles. The number of hydrogen-bond donors (Lipinski definition) is 1. The maximum absolute atomic E-state index is 12.6. The van der Waals surface area contributed by atoms with Crippen LogP contribution in [0.3, 0.4) is 0 Å². The molecule has 0 saturated carbocycles. The molecule has 1 aliphatic heterocycles. The number of hydrogen-bond acceptors (Lipinski definition) is 3. The minimum Gasteiger partial charge on any atom is -0.347 e. The summed E-state index contributed by atoms with van der Waals surface area (Å²) in [6.45, 7) is 5.09. The lowest BCUT2D eigenvalue weighted by Gasteiger charge is -2.26. The maximum Gasteiger partial charge on any atom is 0.239 e. The molecule has 1 fully saturated rings. The van der Waals surface area contributed by atoms with Crippen molar-refractivity contribution in [2.24, 2.45) is 0 Å². The van der Waals surface area contributed by atoms with Crippen LogP contribution in [0.2, 0.25) is 5.02 Å². The molecule has 1 aromatic carbocycles. The molecule has 25 heavy (non-hydrogen) atoms. The SMILES string of the molecule is CCc1ccc(Cl)c(CC)c1NC(=O)CN1CCCC1C(=O)N(C)C. The average Bonchev–Trinajstić information content (AvgIpc) is 3.02. The van der Waals surface area contributed by atoms with Gasteiger partial charge in [0, 0.05) is 24.8 Å². The molecule has 1 heterocycles. The van der Waals surface area contributed by atoms with Crippen LogP contribution < -0.4 is 5.32 Å². The van der Waals surface area contributed by atoms with E-state index in [4.69, 9.17) is 11.6 Å². The summed E-state index contributed by atoms with van der Waals surface area (Å²) in [4.78, 5) is 28.5. The Bertz CT molecular complexity index is 646. The van der Waals surface area contributed by atoms with Crippen molar-refractivity contribution >= 4 is 29.1 Å². The third-order valence-electron chi connectivity index (χ3n) is 4.78. The first-order valence-corrected chi connectivity index (χ1v) is 9.32. The Balaban J connectivity index is 2.13. The summed E-state index contributed by atoms with van der Waals surface area (Å²) in [6, 6.07) is 3.66. The third-order valence-corrected chi connectivity index (χ3v) is 5.13. The zero-order chi connectivity index (χ0) is 18.6. The molecule has 1 aliphatic rings. The second-order valence-corrected chi connectivity index (χ2v) is 7.08. The molecule has 0 aromatic heterocycles. The number of amides is 2. The quantitative estimate of drug-likeness (QED) is 0.843. The molecule has 1 saturated heterocycles. The molecule has 2 amide bonds. The van der Waals surface area contributed by atoms with Gasteiger partial charge >= 0.3 is 0 Å². The van der Waals surface area contributed by atoms with E-state index in [0.29, 0.717) is 5.02 Å². The molecule has 1 atom stereocenters. The number of rotatable bonds is 6. The molecule has 0 bridgehead atoms. The lowest BCUT2D eigenvalue weighted by atomic mass is 10.0. The highest BCUT2D eigenvalue weighted by molar-refractivity contribution is 6.32. The largest absolute Gasteiger partial charge is 0.347 e. The fourth-order valence-corrected chi connectivity index (χ4v) is 3.71. The van der Waals surface area contributed by atoms with Crippen molar-refractivity contribution in [2.45, 2.75) is 45.6 Å². The van der Waals surface area contributed by atoms with E-state index < -0.39 is 0 Å². The zero-order valence-corrected chi connectivity index (χ0v) is 16.3. The molecule has 2 rings (SSSR count). The van der Waals surface area contributed by atoms with E-state index in [0.717, 1.165) is 49.0 Å². The number of halogens is 1. The average molecular weight is 366 g/mol. The third kappa shape index (κ3) is 4.53. The van der Waals surface area contributed by atoms with Gasteiger partial charge in [-0.25, -0.2) is 0 Å². The van der Waals surface area contributed by atoms with Crippen LogP contribution in [0.15, 0.2) is 12.1 Å². The van der Waals surface area contributed by atoms with E-state index in [-0.39, 0.29) is 24.4 Å². The monoisotopic (exact) mass is 365 g/mol. The van der Waals surface area contributed by atoms with E-state index >= 15 is 0 Å². The topological polar surface area (TPSA) is 52.7 Å². The Morgan fingerprint density at radius 2 is 2.00 bits per heavy atom. The highest BCUT2D eigenvalue weighted by Gasteiger charge is 2.32. The highest BCUT2D eigenvalue weighted by atomic mass is 35.5. The number of likely N-dealkylation sites (N-methyl/N-ethyl adjacent to an activating group) is 1. The Hall–Kier alpha value is -1.59. The van der Waals surface area contributed by atoms with Gasteiger partial charge in [-0.1, -0.05) is 31.5 Å². The highest BCUT2D eigenvalue weighted by Crippen LogP contribution is 2.29. The summed E-state index contributed by atoms with van der Waals surface area (Å²) in [5.41, 5.74) is 2.88. The molecular formula is C19H28ClN3O2. The van der Waals surface area contributed by atoms with Gasteiger partial charge in [0.15, 0.2) is 0 Å². The van der Waals surface area contributed by atoms with E-state index in [2.05, 4.69) is 12.2 Å². The van der Waals surface area contributed by atoms with Gasteiger partial charge in [-0.15, -0.1) is 0 Å². The van der Waals surface area contributed by atoms with Gasteiger partial charge in [-0.3, -0.25) is 14.5 Å². The van der Waals surface area contributed by atoms with E-state index in [9.17, 15) is 9.59 Å². The summed E-state index contributed by atoms with van der Waals surface area (Å²) < 4.78 is 0. The van der Waals surface area contributed by atoms with Crippen LogP contribution in [0.25, 0.3) is 0 Å². The van der Waals surface area contributed by atoms with Crippen molar-refractivity contribution in [1.29, 1.82) is 0 Å². The molecule has 1 N–H and O–H groups in total. The number of carbonyl (C=O) groups excluding carboxylic acids is 2. The lowest BCUT2D eigenvalue weighted by Crippen LogP contribution is -2.45. The van der Waals surface area contributed by atoms with Gasteiger partial charge < -0.3 is 10.2 Å². The molecule has 138 valence electrons. The fraction of sp³-hybridized carbons (Fsp3) is 0.579. The second-order valence-electron chi connectivity index (χ2n) is 6.68. The molecule has 0 spiro atoms. The first-order chi connectivity index (χ1) is 11.9. The number of carbonyl (C=O) groups is 2. The second kappa shape index (κ2) is 8.68. The van der Waals surface area contributed by atoms with E-state index in [1.807, 2.05) is 24.0 Å². The van der Waals surface area contributed by atoms with Gasteiger partial charge in [0.2, 0.25) is 11.8 Å². The predicted molar refractivity (Wildman–Crippen MR) is 102 cm³/mol. The van der Waals surface area contributed by atoms with Gasteiger partial charge in [-0.2, -0.15) is 0 Å². The number of nitrogens with zero attached hydrogens (tertiary/aromatic N) is 2. The van der Waals surface area contributed by atoms with E-state index in [1.165, 1.54) is 0 Å². The number of nitrogens with one attached hydrogen (secondary N) is 1. The van der Waals surface area contributed by atoms with Crippen LogP contribution >= 0.6 is 11.6 Å². The van der Waals surface area contributed by atoms with Crippen LogP contribution in [-0.2, 0) is 22.4 Å². The Morgan fingerprint density at radius 1 is 1.28 bits per heavy atom. The Labute approximate surface area is 155 Å². The number of likely N-dealkylation sites (tertiary alicyclic amines) is 1. The van der Waals surface area contributed by atoms with Gasteiger partial charge in [0.1, 0.15) is 0 Å². The van der Waals surface area contributed by atoms with Crippen molar-refractivity contribution in [3.8, 4) is 0 Å². The smallest absolute Gasteiger partial charge is 0.239 e. The minimum atomic E-state index is -0.198. The standard InChI is InChI=1S/C19H28ClN3O2/c1-5-13-9-10-15(20)14(6-2)18(13)21-17(24)12-23-11-7-8-16(23)19(25)22(3)4/h9-10,16H,5-8,11-12H2,1-4H3,(H,21,24). The molecule has 0 radical (unpaired) electrons. The summed E-state index contributed by atoms with van der Waals surface area (Å²) >= 11 is 6.30. The Morgan fingerprint density at radius 3 is 2.60 bits per heavy atom. The summed E-state index contributed by atoms with van der Waals surface area (Å²) in [6.07, 6.45) is 3.33. The molecule has 5 nitrogen and oxygen atoms in total. The Kier molecular flexibility index (Phi) is 6.85. The zero-order valence-electron chi connectivity index (χ0n) is 15.6.